The number of benzene rings is 1. The van der Waals surface area contributed by atoms with Gasteiger partial charge in [0, 0.05) is 5.69 Å². The predicted molar refractivity (Wildman–Crippen MR) is 64.5 cm³/mol. The van der Waals surface area contributed by atoms with Gasteiger partial charge in [-0.1, -0.05) is 26.0 Å². The number of hydrogen-bond acceptors (Lipinski definition) is 2. The smallest absolute Gasteiger partial charge is 0.0314 e. The number of rotatable bonds is 4. The van der Waals surface area contributed by atoms with E-state index >= 15 is 0 Å². The molecule has 0 atom stereocenters. The van der Waals surface area contributed by atoms with Crippen LogP contribution in [0, 0.1) is 0 Å². The Balaban J connectivity index is 0.000000791. The van der Waals surface area contributed by atoms with Crippen LogP contribution >= 0.6 is 0 Å². The highest BCUT2D eigenvalue weighted by Gasteiger charge is 1.91. The Kier molecular flexibility index (Phi) is 7.95. The molecule has 0 unspecified atom stereocenters. The predicted octanol–water partition coefficient (Wildman–Crippen LogP) is 2.45. The van der Waals surface area contributed by atoms with E-state index < -0.39 is 0 Å². The Morgan fingerprint density at radius 1 is 1.14 bits per heavy atom. The third-order valence-electron chi connectivity index (χ3n) is 1.87. The first-order chi connectivity index (χ1) is 6.83. The first kappa shape index (κ1) is 13.0. The van der Waals surface area contributed by atoms with Gasteiger partial charge >= 0.3 is 0 Å². The molecule has 14 heavy (non-hydrogen) atoms. The molecule has 0 bridgehead atoms. The maximum Gasteiger partial charge on any atom is 0.0314 e. The van der Waals surface area contributed by atoms with Crippen LogP contribution in [-0.2, 0) is 6.42 Å². The zero-order valence-electron chi connectivity index (χ0n) is 9.51. The minimum Gasteiger partial charge on any atom is -0.399 e. The quantitative estimate of drug-likeness (QED) is 0.571. The molecule has 2 nitrogen and oxygen atoms in total. The molecule has 0 aliphatic rings. The van der Waals surface area contributed by atoms with Crippen LogP contribution < -0.4 is 11.1 Å². The molecule has 1 aromatic rings. The van der Waals surface area contributed by atoms with Gasteiger partial charge in [0.2, 0.25) is 0 Å². The molecule has 0 fully saturated rings. The van der Waals surface area contributed by atoms with Crippen LogP contribution in [0.4, 0.5) is 5.69 Å². The lowest BCUT2D eigenvalue weighted by Crippen LogP contribution is -2.08. The van der Waals surface area contributed by atoms with Crippen molar-refractivity contribution in [1.29, 1.82) is 0 Å². The van der Waals surface area contributed by atoms with E-state index in [9.17, 15) is 0 Å². The van der Waals surface area contributed by atoms with Crippen LogP contribution in [0.5, 0.6) is 0 Å². The summed E-state index contributed by atoms with van der Waals surface area (Å²) >= 11 is 0. The minimum absolute atomic E-state index is 0.840. The van der Waals surface area contributed by atoms with Crippen LogP contribution in [0.25, 0.3) is 0 Å². The molecule has 3 N–H and O–H groups in total. The van der Waals surface area contributed by atoms with E-state index in [1.807, 2.05) is 33.0 Å². The van der Waals surface area contributed by atoms with Crippen molar-refractivity contribution in [1.82, 2.24) is 5.32 Å². The summed E-state index contributed by atoms with van der Waals surface area (Å²) in [5, 5.41) is 3.12. The highest BCUT2D eigenvalue weighted by Crippen LogP contribution is 2.06. The van der Waals surface area contributed by atoms with Crippen molar-refractivity contribution in [2.45, 2.75) is 26.7 Å². The van der Waals surface area contributed by atoms with Gasteiger partial charge in [-0.3, -0.25) is 0 Å². The standard InChI is InChI=1S/C10H16N2.C2H6/c1-12-8-2-3-9-4-6-10(11)7-5-9;1-2/h4-7,12H,2-3,8,11H2,1H3;1-2H3. The normalized spacial score (nSPS) is 9.07. The largest absolute Gasteiger partial charge is 0.399 e. The molecule has 0 saturated heterocycles. The van der Waals surface area contributed by atoms with Crippen molar-refractivity contribution in [3.8, 4) is 0 Å². The summed E-state index contributed by atoms with van der Waals surface area (Å²) in [6, 6.07) is 8.08. The van der Waals surface area contributed by atoms with E-state index in [1.54, 1.807) is 0 Å². The monoisotopic (exact) mass is 194 g/mol. The molecule has 0 amide bonds. The van der Waals surface area contributed by atoms with E-state index in [1.165, 1.54) is 12.0 Å². The SMILES string of the molecule is CC.CNCCCc1ccc(N)cc1. The van der Waals surface area contributed by atoms with Crippen molar-refractivity contribution in [2.24, 2.45) is 0 Å². The van der Waals surface area contributed by atoms with Crippen LogP contribution in [0.3, 0.4) is 0 Å². The first-order valence-electron chi connectivity index (χ1n) is 5.32. The molecule has 2 heteroatoms. The summed E-state index contributed by atoms with van der Waals surface area (Å²) in [6.45, 7) is 5.07. The van der Waals surface area contributed by atoms with Crippen molar-refractivity contribution in [2.75, 3.05) is 19.3 Å². The average Bonchev–Trinajstić information content (AvgIpc) is 2.24. The molecule has 0 aromatic heterocycles. The number of aryl methyl sites for hydroxylation is 1. The molecule has 1 rings (SSSR count). The number of nitrogens with two attached hydrogens (primary N) is 1. The fraction of sp³-hybridized carbons (Fsp3) is 0.500. The van der Waals surface area contributed by atoms with Crippen molar-refractivity contribution < 1.29 is 0 Å². The fourth-order valence-corrected chi connectivity index (χ4v) is 1.15. The second-order valence-electron chi connectivity index (χ2n) is 2.95. The number of hydrogen-bond donors (Lipinski definition) is 2. The summed E-state index contributed by atoms with van der Waals surface area (Å²) in [7, 11) is 1.98. The topological polar surface area (TPSA) is 38.0 Å². The number of nitrogen functional groups attached to an aromatic ring is 1. The van der Waals surface area contributed by atoms with Crippen molar-refractivity contribution in [3.63, 3.8) is 0 Å². The summed E-state index contributed by atoms with van der Waals surface area (Å²) in [4.78, 5) is 0. The Hall–Kier alpha value is -1.02. The molecule has 0 aliphatic carbocycles. The molecular weight excluding hydrogens is 172 g/mol. The lowest BCUT2D eigenvalue weighted by molar-refractivity contribution is 0.725. The van der Waals surface area contributed by atoms with Crippen LogP contribution in [0.1, 0.15) is 25.8 Å². The maximum absolute atomic E-state index is 5.57. The Bertz CT molecular complexity index is 216. The van der Waals surface area contributed by atoms with Crippen molar-refractivity contribution in [3.05, 3.63) is 29.8 Å². The fourth-order valence-electron chi connectivity index (χ4n) is 1.15. The zero-order chi connectivity index (χ0) is 10.8. The van der Waals surface area contributed by atoms with Gasteiger partial charge in [-0.15, -0.1) is 0 Å². The second-order valence-corrected chi connectivity index (χ2v) is 2.95. The van der Waals surface area contributed by atoms with E-state index in [0.29, 0.717) is 0 Å². The van der Waals surface area contributed by atoms with Gasteiger partial charge in [0.1, 0.15) is 0 Å². The highest BCUT2D eigenvalue weighted by molar-refractivity contribution is 5.39. The van der Waals surface area contributed by atoms with Gasteiger partial charge in [0.05, 0.1) is 0 Å². The summed E-state index contributed by atoms with van der Waals surface area (Å²) < 4.78 is 0. The van der Waals surface area contributed by atoms with Gasteiger partial charge in [-0.05, 0) is 44.1 Å². The van der Waals surface area contributed by atoms with Crippen LogP contribution in [0.15, 0.2) is 24.3 Å². The lowest BCUT2D eigenvalue weighted by Gasteiger charge is -2.00. The Morgan fingerprint density at radius 3 is 2.21 bits per heavy atom. The number of nitrogens with one attached hydrogen (secondary N) is 1. The van der Waals surface area contributed by atoms with Gasteiger partial charge in [0.15, 0.2) is 0 Å². The van der Waals surface area contributed by atoms with E-state index in [0.717, 1.165) is 18.7 Å². The minimum atomic E-state index is 0.840. The Morgan fingerprint density at radius 2 is 1.71 bits per heavy atom. The zero-order valence-corrected chi connectivity index (χ0v) is 9.51. The van der Waals surface area contributed by atoms with Gasteiger partial charge in [-0.2, -0.15) is 0 Å². The van der Waals surface area contributed by atoms with Crippen LogP contribution in [0.2, 0.25) is 0 Å². The highest BCUT2D eigenvalue weighted by atomic mass is 14.8. The second kappa shape index (κ2) is 8.57. The summed E-state index contributed by atoms with van der Waals surface area (Å²) in [5.74, 6) is 0. The first-order valence-corrected chi connectivity index (χ1v) is 5.32. The third-order valence-corrected chi connectivity index (χ3v) is 1.87. The third kappa shape index (κ3) is 5.60. The molecular formula is C12H22N2. The maximum atomic E-state index is 5.57. The molecule has 0 heterocycles. The van der Waals surface area contributed by atoms with Gasteiger partial charge in [-0.25, -0.2) is 0 Å². The van der Waals surface area contributed by atoms with E-state index in [-0.39, 0.29) is 0 Å². The summed E-state index contributed by atoms with van der Waals surface area (Å²) in [6.07, 6.45) is 2.31. The molecule has 80 valence electrons. The molecule has 0 saturated carbocycles. The molecule has 0 radical (unpaired) electrons. The molecule has 0 spiro atoms. The van der Waals surface area contributed by atoms with Gasteiger partial charge in [0.25, 0.3) is 0 Å². The van der Waals surface area contributed by atoms with E-state index in [2.05, 4.69) is 17.4 Å². The number of anilines is 1. The van der Waals surface area contributed by atoms with Gasteiger partial charge < -0.3 is 11.1 Å². The van der Waals surface area contributed by atoms with Crippen LogP contribution in [-0.4, -0.2) is 13.6 Å². The molecule has 1 aromatic carbocycles. The van der Waals surface area contributed by atoms with E-state index in [4.69, 9.17) is 5.73 Å². The lowest BCUT2D eigenvalue weighted by atomic mass is 10.1. The summed E-state index contributed by atoms with van der Waals surface area (Å²) in [5.41, 5.74) is 7.77. The molecule has 0 aliphatic heterocycles. The Labute approximate surface area is 87.5 Å². The van der Waals surface area contributed by atoms with Crippen molar-refractivity contribution >= 4 is 5.69 Å². The average molecular weight is 194 g/mol.